The third kappa shape index (κ3) is 3.00. The maximum atomic E-state index is 12.0. The van der Waals surface area contributed by atoms with Crippen LogP contribution in [0.4, 0.5) is 4.79 Å². The summed E-state index contributed by atoms with van der Waals surface area (Å²) in [5.41, 5.74) is 3.17. The topological polar surface area (TPSA) is 83.3 Å². The van der Waals surface area contributed by atoms with E-state index in [2.05, 4.69) is 11.1 Å². The fourth-order valence-electron chi connectivity index (χ4n) is 1.98. The van der Waals surface area contributed by atoms with Crippen molar-refractivity contribution < 1.29 is 14.3 Å². The zero-order chi connectivity index (χ0) is 15.6. The molecule has 1 aliphatic heterocycles. The second kappa shape index (κ2) is 6.14. The fourth-order valence-corrected chi connectivity index (χ4v) is 2.94. The number of imide groups is 1. The van der Waals surface area contributed by atoms with Gasteiger partial charge in [-0.05, 0) is 31.9 Å². The number of cyclic esters (lactones) is 1. The van der Waals surface area contributed by atoms with Gasteiger partial charge in [0.25, 0.3) is 0 Å². The van der Waals surface area contributed by atoms with Crippen LogP contribution in [0.1, 0.15) is 22.4 Å². The van der Waals surface area contributed by atoms with Crippen LogP contribution in [0.3, 0.4) is 0 Å². The van der Waals surface area contributed by atoms with Crippen molar-refractivity contribution in [2.45, 2.75) is 25.8 Å². The molecule has 1 aromatic heterocycles. The molecule has 2 heterocycles. The normalized spacial score (nSPS) is 14.0. The van der Waals surface area contributed by atoms with Crippen molar-refractivity contribution in [1.29, 1.82) is 5.26 Å². The first-order chi connectivity index (χ1) is 9.95. The molecule has 110 valence electrons. The van der Waals surface area contributed by atoms with Crippen LogP contribution >= 0.6 is 11.8 Å². The number of hydrogen-bond donors (Lipinski definition) is 0. The Bertz CT molecular complexity index is 652. The number of amides is 2. The van der Waals surface area contributed by atoms with Gasteiger partial charge in [0, 0.05) is 5.69 Å². The minimum Gasteiger partial charge on any atom is -0.447 e. The van der Waals surface area contributed by atoms with E-state index in [4.69, 9.17) is 4.74 Å². The number of pyridine rings is 1. The lowest BCUT2D eigenvalue weighted by Crippen LogP contribution is -2.33. The van der Waals surface area contributed by atoms with E-state index in [1.165, 1.54) is 11.8 Å². The van der Waals surface area contributed by atoms with Gasteiger partial charge in [0.15, 0.2) is 0 Å². The number of aromatic nitrogens is 1. The lowest BCUT2D eigenvalue weighted by molar-refractivity contribution is -0.125. The van der Waals surface area contributed by atoms with Crippen LogP contribution in [-0.4, -0.2) is 40.8 Å². The predicted molar refractivity (Wildman–Crippen MR) is 76.9 cm³/mol. The van der Waals surface area contributed by atoms with Crippen LogP contribution in [0.15, 0.2) is 5.03 Å². The van der Waals surface area contributed by atoms with Crippen LogP contribution in [0.2, 0.25) is 0 Å². The van der Waals surface area contributed by atoms with E-state index in [-0.39, 0.29) is 24.8 Å². The van der Waals surface area contributed by atoms with Gasteiger partial charge in [-0.25, -0.2) is 14.7 Å². The minimum absolute atomic E-state index is 0.0543. The lowest BCUT2D eigenvalue weighted by atomic mass is 10.1. The molecule has 0 atom stereocenters. The number of ether oxygens (including phenoxy) is 1. The van der Waals surface area contributed by atoms with Gasteiger partial charge < -0.3 is 4.74 Å². The Morgan fingerprint density at radius 3 is 2.71 bits per heavy atom. The van der Waals surface area contributed by atoms with E-state index in [0.717, 1.165) is 21.7 Å². The summed E-state index contributed by atoms with van der Waals surface area (Å²) in [5.74, 6) is -0.275. The van der Waals surface area contributed by atoms with E-state index in [0.29, 0.717) is 10.6 Å². The second-order valence-corrected chi connectivity index (χ2v) is 5.65. The molecular formula is C14H15N3O3S. The van der Waals surface area contributed by atoms with Crippen molar-refractivity contribution in [2.75, 3.05) is 18.9 Å². The zero-order valence-corrected chi connectivity index (χ0v) is 12.9. The molecule has 21 heavy (non-hydrogen) atoms. The Hall–Kier alpha value is -2.07. The number of carbonyl (C=O) groups is 2. The second-order valence-electron chi connectivity index (χ2n) is 4.69. The maximum absolute atomic E-state index is 12.0. The van der Waals surface area contributed by atoms with Gasteiger partial charge in [-0.15, -0.1) is 0 Å². The summed E-state index contributed by atoms with van der Waals surface area (Å²) in [6.45, 7) is 6.17. The molecule has 2 rings (SSSR count). The average molecular weight is 305 g/mol. The van der Waals surface area contributed by atoms with Crippen molar-refractivity contribution in [2.24, 2.45) is 0 Å². The minimum atomic E-state index is -0.606. The van der Waals surface area contributed by atoms with Gasteiger partial charge in [0.05, 0.1) is 17.9 Å². The van der Waals surface area contributed by atoms with Crippen molar-refractivity contribution in [3.63, 3.8) is 0 Å². The largest absolute Gasteiger partial charge is 0.447 e. The van der Waals surface area contributed by atoms with Gasteiger partial charge in [-0.2, -0.15) is 5.26 Å². The number of nitriles is 1. The van der Waals surface area contributed by atoms with E-state index < -0.39 is 6.09 Å². The van der Waals surface area contributed by atoms with E-state index in [1.54, 1.807) is 0 Å². The monoisotopic (exact) mass is 305 g/mol. The van der Waals surface area contributed by atoms with Gasteiger partial charge in [0.1, 0.15) is 17.7 Å². The van der Waals surface area contributed by atoms with Crippen molar-refractivity contribution >= 4 is 23.8 Å². The third-order valence-electron chi connectivity index (χ3n) is 3.47. The standard InChI is InChI=1S/C14H15N3O3S/c1-8-9(2)11(6-15)13(16-10(8)3)21-7-12(18)17-4-5-20-14(17)19/h4-5,7H2,1-3H3. The van der Waals surface area contributed by atoms with Crippen molar-refractivity contribution in [3.05, 3.63) is 22.4 Å². The number of aryl methyl sites for hydroxylation is 1. The summed E-state index contributed by atoms with van der Waals surface area (Å²) >= 11 is 1.17. The Morgan fingerprint density at radius 2 is 2.14 bits per heavy atom. The Balaban J connectivity index is 2.15. The summed E-state index contributed by atoms with van der Waals surface area (Å²) in [7, 11) is 0. The summed E-state index contributed by atoms with van der Waals surface area (Å²) < 4.78 is 4.73. The molecule has 0 unspecified atom stereocenters. The molecule has 7 heteroatoms. The molecule has 0 N–H and O–H groups in total. The molecule has 1 saturated heterocycles. The highest BCUT2D eigenvalue weighted by molar-refractivity contribution is 8.00. The van der Waals surface area contributed by atoms with Crippen LogP contribution in [-0.2, 0) is 9.53 Å². The Morgan fingerprint density at radius 1 is 1.43 bits per heavy atom. The first-order valence-electron chi connectivity index (χ1n) is 6.43. The number of thioether (sulfide) groups is 1. The van der Waals surface area contributed by atoms with Crippen LogP contribution < -0.4 is 0 Å². The SMILES string of the molecule is Cc1nc(SCC(=O)N2CCOC2=O)c(C#N)c(C)c1C. The molecule has 2 amide bonds. The molecule has 6 nitrogen and oxygen atoms in total. The average Bonchev–Trinajstić information content (AvgIpc) is 2.88. The van der Waals surface area contributed by atoms with Crippen LogP contribution in [0.5, 0.6) is 0 Å². The van der Waals surface area contributed by atoms with E-state index >= 15 is 0 Å². The summed E-state index contributed by atoms with van der Waals surface area (Å²) in [5, 5.41) is 9.79. The number of rotatable bonds is 3. The van der Waals surface area contributed by atoms with Gasteiger partial charge in [-0.1, -0.05) is 11.8 Å². The molecule has 0 aliphatic carbocycles. The van der Waals surface area contributed by atoms with E-state index in [1.807, 2.05) is 20.8 Å². The summed E-state index contributed by atoms with van der Waals surface area (Å²) in [6, 6.07) is 2.13. The zero-order valence-electron chi connectivity index (χ0n) is 12.1. The smallest absolute Gasteiger partial charge is 0.416 e. The van der Waals surface area contributed by atoms with Crippen LogP contribution in [0, 0.1) is 32.1 Å². The quantitative estimate of drug-likeness (QED) is 0.794. The predicted octanol–water partition coefficient (Wildman–Crippen LogP) is 1.95. The highest BCUT2D eigenvalue weighted by Crippen LogP contribution is 2.26. The first-order valence-corrected chi connectivity index (χ1v) is 7.42. The summed E-state index contributed by atoms with van der Waals surface area (Å²) in [6.07, 6.45) is -0.606. The number of nitrogens with zero attached hydrogens (tertiary/aromatic N) is 3. The highest BCUT2D eigenvalue weighted by atomic mass is 32.2. The molecule has 0 bridgehead atoms. The lowest BCUT2D eigenvalue weighted by Gasteiger charge is -2.13. The molecule has 0 radical (unpaired) electrons. The molecule has 0 aromatic carbocycles. The Labute approximate surface area is 127 Å². The molecule has 1 aromatic rings. The van der Waals surface area contributed by atoms with Crippen molar-refractivity contribution in [1.82, 2.24) is 9.88 Å². The molecule has 0 saturated carbocycles. The molecular weight excluding hydrogens is 290 g/mol. The van der Waals surface area contributed by atoms with Gasteiger partial charge >= 0.3 is 6.09 Å². The molecule has 0 spiro atoms. The van der Waals surface area contributed by atoms with E-state index in [9.17, 15) is 14.9 Å². The number of hydrogen-bond acceptors (Lipinski definition) is 6. The van der Waals surface area contributed by atoms with Crippen molar-refractivity contribution in [3.8, 4) is 6.07 Å². The fraction of sp³-hybridized carbons (Fsp3) is 0.429. The third-order valence-corrected chi connectivity index (χ3v) is 4.43. The van der Waals surface area contributed by atoms with Gasteiger partial charge in [0.2, 0.25) is 5.91 Å². The Kier molecular flexibility index (Phi) is 4.48. The summed E-state index contributed by atoms with van der Waals surface area (Å²) in [4.78, 5) is 28.7. The highest BCUT2D eigenvalue weighted by Gasteiger charge is 2.28. The molecule has 1 fully saturated rings. The first kappa shape index (κ1) is 15.3. The maximum Gasteiger partial charge on any atom is 0.416 e. The number of carbonyl (C=O) groups excluding carboxylic acids is 2. The molecule has 1 aliphatic rings. The van der Waals surface area contributed by atoms with Crippen LogP contribution in [0.25, 0.3) is 0 Å². The van der Waals surface area contributed by atoms with Gasteiger partial charge in [-0.3, -0.25) is 4.79 Å².